The van der Waals surface area contributed by atoms with Gasteiger partial charge in [-0.25, -0.2) is 4.79 Å². The van der Waals surface area contributed by atoms with Gasteiger partial charge in [-0.05, 0) is 49.1 Å². The van der Waals surface area contributed by atoms with Crippen LogP contribution >= 0.6 is 0 Å². The van der Waals surface area contributed by atoms with Gasteiger partial charge in [-0.2, -0.15) is 0 Å². The molecule has 1 heterocycles. The Kier molecular flexibility index (Phi) is 11.2. The van der Waals surface area contributed by atoms with Gasteiger partial charge in [0.2, 0.25) is 23.6 Å². The molecule has 14 nitrogen and oxygen atoms in total. The number of fused-ring (bicyclic) bond motifs is 1. The number of aliphatic hydroxyl groups is 1. The van der Waals surface area contributed by atoms with Gasteiger partial charge in [-0.15, -0.1) is 0 Å². The molecular weight excluding hydrogens is 560 g/mol. The second-order valence-electron chi connectivity index (χ2n) is 10.2. The van der Waals surface area contributed by atoms with Crippen LogP contribution in [0.2, 0.25) is 0 Å². The lowest BCUT2D eigenvalue weighted by Gasteiger charge is -2.26. The zero-order chi connectivity index (χ0) is 31.7. The highest BCUT2D eigenvalue weighted by atomic mass is 16.4. The molecular formula is C29H36N6O8. The van der Waals surface area contributed by atoms with Crippen LogP contribution in [0.25, 0.3) is 10.9 Å². The van der Waals surface area contributed by atoms with Crippen molar-refractivity contribution >= 4 is 40.5 Å². The van der Waals surface area contributed by atoms with Crippen LogP contribution in [0, 0.1) is 0 Å². The number of carbonyl (C=O) groups is 5. The number of benzene rings is 2. The van der Waals surface area contributed by atoms with E-state index in [1.165, 1.54) is 31.2 Å². The molecule has 0 saturated carbocycles. The third kappa shape index (κ3) is 9.28. The van der Waals surface area contributed by atoms with E-state index < -0.39 is 59.9 Å². The molecule has 0 aliphatic rings. The Morgan fingerprint density at radius 1 is 0.884 bits per heavy atom. The first kappa shape index (κ1) is 32.6. The van der Waals surface area contributed by atoms with E-state index >= 15 is 0 Å². The third-order valence-corrected chi connectivity index (χ3v) is 6.82. The molecule has 2 aromatic carbocycles. The van der Waals surface area contributed by atoms with Crippen LogP contribution in [-0.4, -0.2) is 80.2 Å². The Balaban J connectivity index is 1.79. The van der Waals surface area contributed by atoms with Gasteiger partial charge in [0.25, 0.3) is 0 Å². The van der Waals surface area contributed by atoms with Crippen molar-refractivity contribution in [3.05, 3.63) is 65.9 Å². The number of aromatic hydroxyl groups is 1. The van der Waals surface area contributed by atoms with Crippen LogP contribution in [0.15, 0.2) is 54.7 Å². The van der Waals surface area contributed by atoms with Crippen LogP contribution in [-0.2, 0) is 36.8 Å². The summed E-state index contributed by atoms with van der Waals surface area (Å²) >= 11 is 0. The first-order chi connectivity index (χ1) is 20.3. The summed E-state index contributed by atoms with van der Waals surface area (Å²) in [7, 11) is 0. The minimum absolute atomic E-state index is 0.0352. The predicted molar refractivity (Wildman–Crippen MR) is 155 cm³/mol. The lowest BCUT2D eigenvalue weighted by Crippen LogP contribution is -2.59. The van der Waals surface area contributed by atoms with Crippen molar-refractivity contribution in [2.75, 3.05) is 0 Å². The number of hydrogen-bond acceptors (Lipinski definition) is 8. The first-order valence-electron chi connectivity index (χ1n) is 13.5. The molecule has 0 fully saturated rings. The molecule has 0 spiro atoms. The Hall–Kier alpha value is -4.95. The van der Waals surface area contributed by atoms with Crippen molar-refractivity contribution in [1.29, 1.82) is 0 Å². The molecule has 5 atom stereocenters. The summed E-state index contributed by atoms with van der Waals surface area (Å²) in [5, 5.41) is 36.9. The highest BCUT2D eigenvalue weighted by Crippen LogP contribution is 2.19. The number of para-hydroxylation sites is 1. The average Bonchev–Trinajstić information content (AvgIpc) is 3.36. The number of aliphatic carboxylic acids is 1. The number of hydrogen-bond donors (Lipinski definition) is 9. The van der Waals surface area contributed by atoms with E-state index in [0.29, 0.717) is 5.56 Å². The van der Waals surface area contributed by atoms with Crippen molar-refractivity contribution < 1.29 is 39.3 Å². The van der Waals surface area contributed by atoms with Crippen LogP contribution in [0.5, 0.6) is 5.75 Å². The summed E-state index contributed by atoms with van der Waals surface area (Å²) < 4.78 is 0. The van der Waals surface area contributed by atoms with Gasteiger partial charge in [0, 0.05) is 29.9 Å². The fourth-order valence-corrected chi connectivity index (χ4v) is 4.46. The van der Waals surface area contributed by atoms with Crippen molar-refractivity contribution in [2.24, 2.45) is 11.5 Å². The quantitative estimate of drug-likeness (QED) is 0.106. The summed E-state index contributed by atoms with van der Waals surface area (Å²) in [5.41, 5.74) is 13.6. The van der Waals surface area contributed by atoms with E-state index in [4.69, 9.17) is 11.5 Å². The average molecular weight is 597 g/mol. The van der Waals surface area contributed by atoms with Gasteiger partial charge in [-0.1, -0.05) is 30.3 Å². The SMILES string of the molecule is CC(O)C(NC(=O)C(Cc1ccc(O)cc1)NC(=O)C(CCC(N)=O)NC(=O)C(N)Cc1c[nH]c2ccccc12)C(=O)O. The molecule has 11 N–H and O–H groups in total. The maximum Gasteiger partial charge on any atom is 0.328 e. The van der Waals surface area contributed by atoms with E-state index in [9.17, 15) is 39.3 Å². The first-order valence-corrected chi connectivity index (χ1v) is 13.5. The standard InChI is InChI=1S/C29H36N6O8/c1-15(36)25(29(42)43)35-28(41)23(12-16-6-8-18(37)9-7-16)34-27(40)22(10-11-24(31)38)33-26(39)20(30)13-17-14-32-21-5-3-2-4-19(17)21/h2-9,14-15,20,22-23,25,32,36-37H,10-13,30H2,1H3,(H2,31,38)(H,33,39)(H,34,40)(H,35,41)(H,42,43). The number of aromatic amines is 1. The molecule has 0 aliphatic carbocycles. The third-order valence-electron chi connectivity index (χ3n) is 6.82. The van der Waals surface area contributed by atoms with Gasteiger partial charge in [0.1, 0.15) is 17.8 Å². The number of carboxylic acid groups (broad SMARTS) is 1. The molecule has 1 aromatic heterocycles. The van der Waals surface area contributed by atoms with Gasteiger partial charge in [0.05, 0.1) is 12.1 Å². The Labute approximate surface area is 246 Å². The zero-order valence-electron chi connectivity index (χ0n) is 23.4. The maximum absolute atomic E-state index is 13.4. The van der Waals surface area contributed by atoms with Crippen LogP contribution in [0.1, 0.15) is 30.9 Å². The summed E-state index contributed by atoms with van der Waals surface area (Å²) in [4.78, 5) is 65.8. The highest BCUT2D eigenvalue weighted by molar-refractivity contribution is 5.95. The normalized spacial score (nSPS) is 14.6. The Bertz CT molecular complexity index is 1450. The molecule has 0 saturated heterocycles. The number of primary amides is 1. The Morgan fingerprint density at radius 2 is 1.51 bits per heavy atom. The molecule has 230 valence electrons. The molecule has 43 heavy (non-hydrogen) atoms. The fraction of sp³-hybridized carbons (Fsp3) is 0.345. The largest absolute Gasteiger partial charge is 0.508 e. The van der Waals surface area contributed by atoms with Gasteiger partial charge in [-0.3, -0.25) is 19.2 Å². The number of nitrogens with one attached hydrogen (secondary N) is 4. The van der Waals surface area contributed by atoms with E-state index in [1.807, 2.05) is 24.3 Å². The number of H-pyrrole nitrogens is 1. The van der Waals surface area contributed by atoms with Crippen molar-refractivity contribution in [1.82, 2.24) is 20.9 Å². The van der Waals surface area contributed by atoms with Crippen molar-refractivity contribution in [3.63, 3.8) is 0 Å². The number of carboxylic acids is 1. The van der Waals surface area contributed by atoms with Crippen LogP contribution in [0.4, 0.5) is 0 Å². The minimum atomic E-state index is -1.67. The lowest BCUT2D eigenvalue weighted by molar-refractivity contribution is -0.145. The topological polar surface area (TPSA) is 250 Å². The van der Waals surface area contributed by atoms with Gasteiger partial charge >= 0.3 is 5.97 Å². The van der Waals surface area contributed by atoms with Crippen molar-refractivity contribution in [2.45, 2.75) is 62.9 Å². The van der Waals surface area contributed by atoms with E-state index in [2.05, 4.69) is 20.9 Å². The molecule has 0 bridgehead atoms. The molecule has 3 rings (SSSR count). The summed E-state index contributed by atoms with van der Waals surface area (Å²) in [6.07, 6.45) is -0.186. The monoisotopic (exact) mass is 596 g/mol. The molecule has 0 radical (unpaired) electrons. The van der Waals surface area contributed by atoms with E-state index in [-0.39, 0.29) is 31.4 Å². The Morgan fingerprint density at radius 3 is 2.14 bits per heavy atom. The number of amides is 4. The molecule has 5 unspecified atom stereocenters. The summed E-state index contributed by atoms with van der Waals surface area (Å²) in [6, 6.07) is 7.77. The van der Waals surface area contributed by atoms with E-state index in [1.54, 1.807) is 6.20 Å². The predicted octanol–water partition coefficient (Wildman–Crippen LogP) is -0.829. The smallest absolute Gasteiger partial charge is 0.328 e. The number of phenols is 1. The molecule has 3 aromatic rings. The second kappa shape index (κ2) is 14.8. The highest BCUT2D eigenvalue weighted by Gasteiger charge is 2.32. The fourth-order valence-electron chi connectivity index (χ4n) is 4.46. The molecule has 0 aliphatic heterocycles. The number of aliphatic hydroxyl groups excluding tert-OH is 1. The summed E-state index contributed by atoms with van der Waals surface area (Å²) in [6.45, 7) is 1.18. The minimum Gasteiger partial charge on any atom is -0.508 e. The van der Waals surface area contributed by atoms with Gasteiger partial charge in [0.15, 0.2) is 6.04 Å². The molecule has 4 amide bonds. The molecule has 14 heteroatoms. The van der Waals surface area contributed by atoms with E-state index in [0.717, 1.165) is 16.5 Å². The number of aromatic nitrogens is 1. The van der Waals surface area contributed by atoms with Crippen LogP contribution < -0.4 is 27.4 Å². The maximum atomic E-state index is 13.4. The number of carbonyl (C=O) groups excluding carboxylic acids is 4. The number of nitrogens with two attached hydrogens (primary N) is 2. The van der Waals surface area contributed by atoms with Gasteiger partial charge < -0.3 is 47.7 Å². The second-order valence-corrected chi connectivity index (χ2v) is 10.2. The zero-order valence-corrected chi connectivity index (χ0v) is 23.4. The summed E-state index contributed by atoms with van der Waals surface area (Å²) in [5.74, 6) is -4.72. The van der Waals surface area contributed by atoms with Crippen molar-refractivity contribution in [3.8, 4) is 5.75 Å². The van der Waals surface area contributed by atoms with Crippen LogP contribution in [0.3, 0.4) is 0 Å². The number of rotatable bonds is 15. The number of phenolic OH excluding ortho intramolecular Hbond substituents is 1. The lowest BCUT2D eigenvalue weighted by atomic mass is 10.0.